The Morgan fingerprint density at radius 1 is 1.42 bits per heavy atom. The quantitative estimate of drug-likeness (QED) is 0.830. The van der Waals surface area contributed by atoms with Gasteiger partial charge >= 0.3 is 0 Å². The van der Waals surface area contributed by atoms with Gasteiger partial charge in [-0.05, 0) is 25.5 Å². The molecule has 0 aliphatic carbocycles. The van der Waals surface area contributed by atoms with E-state index in [1.807, 2.05) is 0 Å². The van der Waals surface area contributed by atoms with Crippen LogP contribution in [0.25, 0.3) is 11.5 Å². The van der Waals surface area contributed by atoms with E-state index in [4.69, 9.17) is 4.42 Å². The smallest absolute Gasteiger partial charge is 0.248 e. The van der Waals surface area contributed by atoms with Gasteiger partial charge in [0.2, 0.25) is 17.3 Å². The standard InChI is InChI=1S/C13H18N4O2/c1-3-6-14-10(4-2)13-17-16-12(19-13)9-5-7-15-11(18)8-9/h5,7-8,10,14H,3-4,6H2,1-2H3,(H,15,18). The molecular formula is C13H18N4O2. The predicted molar refractivity (Wildman–Crippen MR) is 71.7 cm³/mol. The summed E-state index contributed by atoms with van der Waals surface area (Å²) in [4.78, 5) is 13.8. The van der Waals surface area contributed by atoms with Crippen LogP contribution in [-0.4, -0.2) is 21.7 Å². The molecule has 0 bridgehead atoms. The minimum Gasteiger partial charge on any atom is -0.419 e. The van der Waals surface area contributed by atoms with E-state index in [9.17, 15) is 4.79 Å². The van der Waals surface area contributed by atoms with Gasteiger partial charge in [0.15, 0.2) is 0 Å². The number of nitrogens with one attached hydrogen (secondary N) is 2. The summed E-state index contributed by atoms with van der Waals surface area (Å²) in [5, 5.41) is 11.4. The van der Waals surface area contributed by atoms with E-state index in [0.717, 1.165) is 19.4 Å². The van der Waals surface area contributed by atoms with Crippen LogP contribution in [0.3, 0.4) is 0 Å². The van der Waals surface area contributed by atoms with Crippen LogP contribution in [0.15, 0.2) is 27.5 Å². The minimum atomic E-state index is -0.187. The van der Waals surface area contributed by atoms with Gasteiger partial charge in [0.05, 0.1) is 6.04 Å². The van der Waals surface area contributed by atoms with Crippen LogP contribution in [0.5, 0.6) is 0 Å². The highest BCUT2D eigenvalue weighted by Gasteiger charge is 2.16. The second-order valence-electron chi connectivity index (χ2n) is 4.30. The van der Waals surface area contributed by atoms with Gasteiger partial charge < -0.3 is 14.7 Å². The molecule has 102 valence electrons. The summed E-state index contributed by atoms with van der Waals surface area (Å²) < 4.78 is 5.64. The van der Waals surface area contributed by atoms with Crippen molar-refractivity contribution in [3.8, 4) is 11.5 Å². The molecule has 2 heterocycles. The summed E-state index contributed by atoms with van der Waals surface area (Å²) in [5.74, 6) is 0.934. The van der Waals surface area contributed by atoms with E-state index in [2.05, 4.69) is 34.3 Å². The maximum absolute atomic E-state index is 11.2. The Morgan fingerprint density at radius 3 is 2.95 bits per heavy atom. The number of H-pyrrole nitrogens is 1. The van der Waals surface area contributed by atoms with Gasteiger partial charge in [-0.3, -0.25) is 4.79 Å². The highest BCUT2D eigenvalue weighted by Crippen LogP contribution is 2.20. The van der Waals surface area contributed by atoms with Gasteiger partial charge in [-0.1, -0.05) is 13.8 Å². The molecule has 0 aliphatic heterocycles. The van der Waals surface area contributed by atoms with Crippen molar-refractivity contribution in [2.45, 2.75) is 32.7 Å². The summed E-state index contributed by atoms with van der Waals surface area (Å²) in [7, 11) is 0. The Labute approximate surface area is 111 Å². The average molecular weight is 262 g/mol. The molecule has 1 unspecified atom stereocenters. The van der Waals surface area contributed by atoms with Gasteiger partial charge in [-0.15, -0.1) is 10.2 Å². The lowest BCUT2D eigenvalue weighted by atomic mass is 10.2. The molecule has 0 amide bonds. The molecule has 2 N–H and O–H groups in total. The highest BCUT2D eigenvalue weighted by atomic mass is 16.4. The molecule has 2 aromatic heterocycles. The zero-order valence-corrected chi connectivity index (χ0v) is 11.1. The first-order valence-electron chi connectivity index (χ1n) is 6.50. The first kappa shape index (κ1) is 13.5. The van der Waals surface area contributed by atoms with Crippen LogP contribution in [0.1, 0.15) is 38.6 Å². The number of nitrogens with zero attached hydrogens (tertiary/aromatic N) is 2. The summed E-state index contributed by atoms with van der Waals surface area (Å²) in [6.07, 6.45) is 3.48. The Morgan fingerprint density at radius 2 is 2.26 bits per heavy atom. The highest BCUT2D eigenvalue weighted by molar-refractivity contribution is 5.50. The first-order chi connectivity index (χ1) is 9.24. The fraction of sp³-hybridized carbons (Fsp3) is 0.462. The molecule has 0 fully saturated rings. The predicted octanol–water partition coefficient (Wildman–Crippen LogP) is 1.88. The zero-order valence-electron chi connectivity index (χ0n) is 11.1. The molecular weight excluding hydrogens is 244 g/mol. The van der Waals surface area contributed by atoms with Crippen molar-refractivity contribution in [2.24, 2.45) is 0 Å². The van der Waals surface area contributed by atoms with Crippen LogP contribution in [0.2, 0.25) is 0 Å². The molecule has 6 nitrogen and oxygen atoms in total. The van der Waals surface area contributed by atoms with Crippen molar-refractivity contribution in [1.82, 2.24) is 20.5 Å². The van der Waals surface area contributed by atoms with E-state index in [-0.39, 0.29) is 11.6 Å². The molecule has 2 aromatic rings. The van der Waals surface area contributed by atoms with Crippen molar-refractivity contribution in [3.05, 3.63) is 34.6 Å². The molecule has 0 aromatic carbocycles. The maximum atomic E-state index is 11.2. The van der Waals surface area contributed by atoms with Gasteiger partial charge in [0, 0.05) is 17.8 Å². The second-order valence-corrected chi connectivity index (χ2v) is 4.30. The summed E-state index contributed by atoms with van der Waals surface area (Å²) in [6, 6.07) is 3.24. The molecule has 6 heteroatoms. The lowest BCUT2D eigenvalue weighted by Gasteiger charge is -2.11. The Balaban J connectivity index is 2.20. The number of hydrogen-bond acceptors (Lipinski definition) is 5. The van der Waals surface area contributed by atoms with Gasteiger partial charge in [0.1, 0.15) is 0 Å². The molecule has 0 saturated heterocycles. The molecule has 0 radical (unpaired) electrons. The van der Waals surface area contributed by atoms with E-state index in [1.54, 1.807) is 12.3 Å². The molecule has 0 aliphatic rings. The Bertz CT molecular complexity index is 576. The number of aromatic nitrogens is 3. The second kappa shape index (κ2) is 6.29. The monoisotopic (exact) mass is 262 g/mol. The maximum Gasteiger partial charge on any atom is 0.248 e. The number of hydrogen-bond donors (Lipinski definition) is 2. The minimum absolute atomic E-state index is 0.0585. The van der Waals surface area contributed by atoms with E-state index in [1.165, 1.54) is 6.07 Å². The third kappa shape index (κ3) is 3.29. The van der Waals surface area contributed by atoms with Crippen molar-refractivity contribution >= 4 is 0 Å². The van der Waals surface area contributed by atoms with Crippen LogP contribution in [-0.2, 0) is 0 Å². The number of rotatable bonds is 6. The van der Waals surface area contributed by atoms with Crippen molar-refractivity contribution < 1.29 is 4.42 Å². The van der Waals surface area contributed by atoms with Crippen molar-refractivity contribution in [1.29, 1.82) is 0 Å². The van der Waals surface area contributed by atoms with Gasteiger partial charge in [-0.25, -0.2) is 0 Å². The largest absolute Gasteiger partial charge is 0.419 e. The van der Waals surface area contributed by atoms with Crippen LogP contribution >= 0.6 is 0 Å². The van der Waals surface area contributed by atoms with Crippen LogP contribution < -0.4 is 10.9 Å². The molecule has 2 rings (SSSR count). The normalized spacial score (nSPS) is 12.5. The summed E-state index contributed by atoms with van der Waals surface area (Å²) in [5.41, 5.74) is 0.446. The first-order valence-corrected chi connectivity index (χ1v) is 6.50. The van der Waals surface area contributed by atoms with Crippen molar-refractivity contribution in [3.63, 3.8) is 0 Å². The number of pyridine rings is 1. The molecule has 1 atom stereocenters. The molecule has 0 spiro atoms. The Kier molecular flexibility index (Phi) is 4.46. The lowest BCUT2D eigenvalue weighted by Crippen LogP contribution is -2.21. The third-order valence-corrected chi connectivity index (χ3v) is 2.81. The number of aromatic amines is 1. The van der Waals surface area contributed by atoms with E-state index >= 15 is 0 Å². The van der Waals surface area contributed by atoms with Gasteiger partial charge in [-0.2, -0.15) is 0 Å². The average Bonchev–Trinajstić information content (AvgIpc) is 2.89. The Hall–Kier alpha value is -1.95. The zero-order chi connectivity index (χ0) is 13.7. The summed E-state index contributed by atoms with van der Waals surface area (Å²) >= 11 is 0. The molecule has 0 saturated carbocycles. The van der Waals surface area contributed by atoms with Crippen LogP contribution in [0, 0.1) is 0 Å². The van der Waals surface area contributed by atoms with E-state index in [0.29, 0.717) is 17.3 Å². The fourth-order valence-electron chi connectivity index (χ4n) is 1.79. The van der Waals surface area contributed by atoms with E-state index < -0.39 is 0 Å². The summed E-state index contributed by atoms with van der Waals surface area (Å²) in [6.45, 7) is 5.07. The lowest BCUT2D eigenvalue weighted by molar-refractivity contribution is 0.396. The SMILES string of the molecule is CCCNC(CC)c1nnc(-c2cc[nH]c(=O)c2)o1. The van der Waals surface area contributed by atoms with Crippen LogP contribution in [0.4, 0.5) is 0 Å². The fourth-order valence-corrected chi connectivity index (χ4v) is 1.79. The van der Waals surface area contributed by atoms with Gasteiger partial charge in [0.25, 0.3) is 0 Å². The van der Waals surface area contributed by atoms with Crippen molar-refractivity contribution in [2.75, 3.05) is 6.54 Å². The topological polar surface area (TPSA) is 83.8 Å². The molecule has 19 heavy (non-hydrogen) atoms. The third-order valence-electron chi connectivity index (χ3n) is 2.81.